The van der Waals surface area contributed by atoms with Crippen LogP contribution in [0.5, 0.6) is 0 Å². The molecule has 0 amide bonds. The van der Waals surface area contributed by atoms with Crippen LogP contribution in [0, 0.1) is 0 Å². The van der Waals surface area contributed by atoms with Gasteiger partial charge in [-0.2, -0.15) is 0 Å². The summed E-state index contributed by atoms with van der Waals surface area (Å²) in [5.41, 5.74) is 2.92. The third-order valence-corrected chi connectivity index (χ3v) is 2.16. The molecule has 62 valence electrons. The van der Waals surface area contributed by atoms with Gasteiger partial charge >= 0.3 is 0 Å². The standard InChI is InChI=1S/C10H7N3/c1-2-8-10(13-6-5-11-8)9-7(1)3-4-12-9/h1-6,11H. The first kappa shape index (κ1) is 6.60. The summed E-state index contributed by atoms with van der Waals surface area (Å²) in [5.74, 6) is 0. The van der Waals surface area contributed by atoms with Crippen LogP contribution in [-0.4, -0.2) is 15.0 Å². The average molecular weight is 169 g/mol. The van der Waals surface area contributed by atoms with E-state index in [4.69, 9.17) is 0 Å². The Bertz CT molecular complexity index is 568. The van der Waals surface area contributed by atoms with E-state index in [0.717, 1.165) is 21.9 Å². The zero-order chi connectivity index (χ0) is 8.67. The van der Waals surface area contributed by atoms with Crippen LogP contribution in [0.1, 0.15) is 0 Å². The molecule has 0 atom stereocenters. The van der Waals surface area contributed by atoms with Crippen LogP contribution in [0.25, 0.3) is 21.9 Å². The summed E-state index contributed by atoms with van der Waals surface area (Å²) in [6, 6.07) is 6.05. The molecule has 0 bridgehead atoms. The minimum absolute atomic E-state index is 0.935. The van der Waals surface area contributed by atoms with Gasteiger partial charge in [0.05, 0.1) is 11.0 Å². The zero-order valence-corrected chi connectivity index (χ0v) is 6.86. The van der Waals surface area contributed by atoms with Crippen molar-refractivity contribution in [2.45, 2.75) is 0 Å². The molecule has 3 nitrogen and oxygen atoms in total. The summed E-state index contributed by atoms with van der Waals surface area (Å²) in [5, 5.41) is 1.14. The van der Waals surface area contributed by atoms with Crippen molar-refractivity contribution in [3.05, 3.63) is 36.8 Å². The molecule has 0 aliphatic heterocycles. The van der Waals surface area contributed by atoms with Crippen LogP contribution < -0.4 is 0 Å². The molecule has 2 heterocycles. The lowest BCUT2D eigenvalue weighted by Crippen LogP contribution is -1.82. The molecule has 3 aromatic rings. The fourth-order valence-electron chi connectivity index (χ4n) is 1.54. The van der Waals surface area contributed by atoms with Crippen molar-refractivity contribution in [3.8, 4) is 0 Å². The van der Waals surface area contributed by atoms with Crippen molar-refractivity contribution in [1.29, 1.82) is 0 Å². The molecule has 0 saturated carbocycles. The summed E-state index contributed by atoms with van der Waals surface area (Å²) in [4.78, 5) is 11.7. The smallest absolute Gasteiger partial charge is 0.113 e. The highest BCUT2D eigenvalue weighted by Crippen LogP contribution is 2.19. The van der Waals surface area contributed by atoms with Gasteiger partial charge in [-0.25, -0.2) is 0 Å². The summed E-state index contributed by atoms with van der Waals surface area (Å²) < 4.78 is 0. The van der Waals surface area contributed by atoms with Crippen molar-refractivity contribution in [2.24, 2.45) is 0 Å². The van der Waals surface area contributed by atoms with E-state index in [1.165, 1.54) is 0 Å². The molecule has 1 aromatic carbocycles. The maximum absolute atomic E-state index is 4.29. The Hall–Kier alpha value is -1.90. The molecule has 3 rings (SSSR count). The maximum atomic E-state index is 4.29. The van der Waals surface area contributed by atoms with Crippen LogP contribution in [0.4, 0.5) is 0 Å². The van der Waals surface area contributed by atoms with Crippen LogP contribution in [0.15, 0.2) is 36.8 Å². The fraction of sp³-hybridized carbons (Fsp3) is 0. The quantitative estimate of drug-likeness (QED) is 0.560. The minimum Gasteiger partial charge on any atom is -0.358 e. The second kappa shape index (κ2) is 2.29. The van der Waals surface area contributed by atoms with E-state index in [0.29, 0.717) is 0 Å². The Morgan fingerprint density at radius 3 is 2.85 bits per heavy atom. The molecule has 0 fully saturated rings. The maximum Gasteiger partial charge on any atom is 0.113 e. The van der Waals surface area contributed by atoms with Gasteiger partial charge in [-0.15, -0.1) is 0 Å². The SMILES string of the molecule is c1cc2ccc3[nH]ccnc3c2n1. The Labute approximate surface area is 74.4 Å². The molecule has 0 aliphatic rings. The lowest BCUT2D eigenvalue weighted by molar-refractivity contribution is 1.30. The molecule has 0 spiro atoms. The van der Waals surface area contributed by atoms with Crippen molar-refractivity contribution >= 4 is 21.9 Å². The molecular formula is C10H7N3. The van der Waals surface area contributed by atoms with Gasteiger partial charge in [0.1, 0.15) is 5.52 Å². The van der Waals surface area contributed by atoms with E-state index in [9.17, 15) is 0 Å². The third kappa shape index (κ3) is 0.839. The van der Waals surface area contributed by atoms with Gasteiger partial charge in [-0.05, 0) is 12.1 Å². The van der Waals surface area contributed by atoms with Crippen molar-refractivity contribution in [2.75, 3.05) is 0 Å². The van der Waals surface area contributed by atoms with E-state index in [2.05, 4.69) is 15.0 Å². The molecule has 3 heteroatoms. The summed E-state index contributed by atoms with van der Waals surface area (Å²) in [6.45, 7) is 0. The number of nitrogens with one attached hydrogen (secondary N) is 1. The molecule has 0 radical (unpaired) electrons. The molecule has 0 saturated heterocycles. The van der Waals surface area contributed by atoms with Gasteiger partial charge < -0.3 is 4.98 Å². The molecule has 2 aromatic heterocycles. The Kier molecular flexibility index (Phi) is 1.16. The van der Waals surface area contributed by atoms with E-state index in [-0.39, 0.29) is 0 Å². The van der Waals surface area contributed by atoms with Crippen LogP contribution in [0.2, 0.25) is 0 Å². The number of nitrogens with zero attached hydrogens (tertiary/aromatic N) is 2. The normalized spacial score (nSPS) is 11.1. The monoisotopic (exact) mass is 169 g/mol. The molecule has 0 unspecified atom stereocenters. The zero-order valence-electron chi connectivity index (χ0n) is 6.86. The lowest BCUT2D eigenvalue weighted by atomic mass is 10.2. The number of aromatic nitrogens is 3. The Morgan fingerprint density at radius 2 is 1.85 bits per heavy atom. The van der Waals surface area contributed by atoms with Crippen LogP contribution in [-0.2, 0) is 0 Å². The van der Waals surface area contributed by atoms with Crippen LogP contribution >= 0.6 is 0 Å². The second-order valence-electron chi connectivity index (χ2n) is 2.93. The van der Waals surface area contributed by atoms with Gasteiger partial charge in [-0.1, -0.05) is 6.07 Å². The van der Waals surface area contributed by atoms with Gasteiger partial charge in [0.25, 0.3) is 0 Å². The third-order valence-electron chi connectivity index (χ3n) is 2.16. The summed E-state index contributed by atoms with van der Waals surface area (Å²) in [6.07, 6.45) is 5.37. The predicted molar refractivity (Wildman–Crippen MR) is 51.4 cm³/mol. The van der Waals surface area contributed by atoms with Crippen molar-refractivity contribution in [1.82, 2.24) is 15.0 Å². The second-order valence-corrected chi connectivity index (χ2v) is 2.93. The van der Waals surface area contributed by atoms with Crippen molar-refractivity contribution < 1.29 is 0 Å². The van der Waals surface area contributed by atoms with E-state index < -0.39 is 0 Å². The number of fused-ring (bicyclic) bond motifs is 3. The van der Waals surface area contributed by atoms with Gasteiger partial charge in [-0.3, -0.25) is 9.97 Å². The number of aromatic amines is 1. The first-order valence-corrected chi connectivity index (χ1v) is 4.12. The van der Waals surface area contributed by atoms with Crippen molar-refractivity contribution in [3.63, 3.8) is 0 Å². The number of H-pyrrole nitrogens is 1. The van der Waals surface area contributed by atoms with E-state index in [1.54, 1.807) is 12.4 Å². The highest BCUT2D eigenvalue weighted by Gasteiger charge is 2.01. The molecule has 13 heavy (non-hydrogen) atoms. The number of hydrogen-bond acceptors (Lipinski definition) is 2. The minimum atomic E-state index is 0.935. The number of benzene rings is 1. The summed E-state index contributed by atoms with van der Waals surface area (Å²) >= 11 is 0. The van der Waals surface area contributed by atoms with Gasteiger partial charge in [0.15, 0.2) is 0 Å². The first-order chi connectivity index (χ1) is 6.45. The topological polar surface area (TPSA) is 41.6 Å². The lowest BCUT2D eigenvalue weighted by Gasteiger charge is -1.96. The van der Waals surface area contributed by atoms with E-state index in [1.807, 2.05) is 24.4 Å². The van der Waals surface area contributed by atoms with Crippen LogP contribution in [0.3, 0.4) is 0 Å². The molecule has 1 N–H and O–H groups in total. The first-order valence-electron chi connectivity index (χ1n) is 4.12. The largest absolute Gasteiger partial charge is 0.358 e. The Morgan fingerprint density at radius 1 is 0.923 bits per heavy atom. The highest BCUT2D eigenvalue weighted by molar-refractivity contribution is 6.01. The average Bonchev–Trinajstić information content (AvgIpc) is 2.65. The molecule has 0 aliphatic carbocycles. The number of hydrogen-bond donors (Lipinski definition) is 1. The van der Waals surface area contributed by atoms with Gasteiger partial charge in [0.2, 0.25) is 0 Å². The van der Waals surface area contributed by atoms with E-state index >= 15 is 0 Å². The van der Waals surface area contributed by atoms with Gasteiger partial charge in [0, 0.05) is 24.0 Å². The Balaban J connectivity index is 2.65. The molecular weight excluding hydrogens is 162 g/mol. The fourth-order valence-corrected chi connectivity index (χ4v) is 1.54. The number of rotatable bonds is 0. The highest BCUT2D eigenvalue weighted by atomic mass is 14.8. The predicted octanol–water partition coefficient (Wildman–Crippen LogP) is 2.11. The summed E-state index contributed by atoms with van der Waals surface area (Å²) in [7, 11) is 0.